The Balaban J connectivity index is 1.98. The third-order valence-corrected chi connectivity index (χ3v) is 3.59. The molecule has 0 aliphatic carbocycles. The largest absolute Gasteiger partial charge is 0.270 e. The molecule has 0 radical (unpaired) electrons. The first kappa shape index (κ1) is 13.7. The van der Waals surface area contributed by atoms with Crippen molar-refractivity contribution in [1.82, 2.24) is 15.0 Å². The summed E-state index contributed by atoms with van der Waals surface area (Å²) in [6, 6.07) is 14.2. The number of hydrogen-bond donors (Lipinski definition) is 0. The fraction of sp³-hybridized carbons (Fsp3) is 0. The van der Waals surface area contributed by atoms with Gasteiger partial charge in [0.15, 0.2) is 0 Å². The van der Waals surface area contributed by atoms with Crippen LogP contribution in [0.3, 0.4) is 0 Å². The highest BCUT2D eigenvalue weighted by Gasteiger charge is 2.10. The predicted octanol–water partition coefficient (Wildman–Crippen LogP) is 3.45. The van der Waals surface area contributed by atoms with Crippen LogP contribution >= 0.6 is 22.6 Å². The van der Waals surface area contributed by atoms with Crippen molar-refractivity contribution in [3.8, 4) is 16.9 Å². The van der Waals surface area contributed by atoms with Crippen molar-refractivity contribution in [3.63, 3.8) is 0 Å². The molecule has 0 spiro atoms. The number of non-ortho nitro benzene ring substituents is 1. The van der Waals surface area contributed by atoms with E-state index in [2.05, 4.69) is 32.9 Å². The third kappa shape index (κ3) is 2.92. The summed E-state index contributed by atoms with van der Waals surface area (Å²) in [6.07, 6.45) is 1.75. The minimum absolute atomic E-state index is 0.0382. The van der Waals surface area contributed by atoms with Gasteiger partial charge >= 0.3 is 0 Å². The summed E-state index contributed by atoms with van der Waals surface area (Å²) >= 11 is 2.23. The lowest BCUT2D eigenvalue weighted by molar-refractivity contribution is -0.384. The van der Waals surface area contributed by atoms with E-state index in [1.54, 1.807) is 23.0 Å². The Hall–Kier alpha value is -2.29. The average molecular weight is 392 g/mol. The van der Waals surface area contributed by atoms with Crippen LogP contribution in [0.15, 0.2) is 54.7 Å². The van der Waals surface area contributed by atoms with Gasteiger partial charge in [-0.3, -0.25) is 10.1 Å². The van der Waals surface area contributed by atoms with Crippen molar-refractivity contribution in [2.75, 3.05) is 0 Å². The molecular weight excluding hydrogens is 383 g/mol. The molecule has 0 saturated heterocycles. The maximum Gasteiger partial charge on any atom is 0.270 e. The first-order valence-electron chi connectivity index (χ1n) is 6.06. The van der Waals surface area contributed by atoms with Crippen molar-refractivity contribution in [1.29, 1.82) is 0 Å². The second-order valence-electron chi connectivity index (χ2n) is 4.34. The van der Waals surface area contributed by atoms with Gasteiger partial charge in [0.1, 0.15) is 5.69 Å². The molecule has 104 valence electrons. The Morgan fingerprint density at radius 1 is 1.14 bits per heavy atom. The predicted molar refractivity (Wildman–Crippen MR) is 86.2 cm³/mol. The van der Waals surface area contributed by atoms with E-state index >= 15 is 0 Å². The Labute approximate surface area is 133 Å². The number of halogens is 1. The summed E-state index contributed by atoms with van der Waals surface area (Å²) in [5, 5.41) is 19.0. The van der Waals surface area contributed by atoms with E-state index in [9.17, 15) is 10.1 Å². The van der Waals surface area contributed by atoms with Crippen LogP contribution in [0.5, 0.6) is 0 Å². The Kier molecular flexibility index (Phi) is 3.65. The maximum absolute atomic E-state index is 10.8. The molecule has 0 aliphatic heterocycles. The lowest BCUT2D eigenvalue weighted by Crippen LogP contribution is -1.94. The minimum Gasteiger partial charge on any atom is -0.258 e. The summed E-state index contributed by atoms with van der Waals surface area (Å²) in [6.45, 7) is 0. The highest BCUT2D eigenvalue weighted by atomic mass is 127. The Morgan fingerprint density at radius 3 is 2.71 bits per heavy atom. The molecule has 0 bridgehead atoms. The van der Waals surface area contributed by atoms with Gasteiger partial charge in [-0.1, -0.05) is 23.4 Å². The molecule has 2 aromatic carbocycles. The van der Waals surface area contributed by atoms with Gasteiger partial charge in [0.05, 0.1) is 16.8 Å². The number of nitrogens with zero attached hydrogens (tertiary/aromatic N) is 4. The van der Waals surface area contributed by atoms with Gasteiger partial charge in [-0.15, -0.1) is 5.10 Å². The first-order chi connectivity index (χ1) is 10.1. The van der Waals surface area contributed by atoms with Crippen molar-refractivity contribution < 1.29 is 4.92 Å². The highest BCUT2D eigenvalue weighted by molar-refractivity contribution is 14.1. The molecule has 1 heterocycles. The van der Waals surface area contributed by atoms with Crippen LogP contribution in [-0.2, 0) is 0 Å². The lowest BCUT2D eigenvalue weighted by Gasteiger charge is -1.99. The van der Waals surface area contributed by atoms with E-state index in [0.717, 1.165) is 9.26 Å². The monoisotopic (exact) mass is 392 g/mol. The van der Waals surface area contributed by atoms with Gasteiger partial charge in [0.25, 0.3) is 5.69 Å². The zero-order chi connectivity index (χ0) is 14.8. The quantitative estimate of drug-likeness (QED) is 0.389. The van der Waals surface area contributed by atoms with Crippen LogP contribution in [0.1, 0.15) is 0 Å². The molecule has 7 heteroatoms. The van der Waals surface area contributed by atoms with Crippen molar-refractivity contribution in [3.05, 3.63) is 68.4 Å². The normalized spacial score (nSPS) is 10.5. The second kappa shape index (κ2) is 5.60. The van der Waals surface area contributed by atoms with Crippen LogP contribution in [0, 0.1) is 13.7 Å². The van der Waals surface area contributed by atoms with Crippen molar-refractivity contribution in [2.24, 2.45) is 0 Å². The number of hydrogen-bond acceptors (Lipinski definition) is 4. The zero-order valence-electron chi connectivity index (χ0n) is 10.7. The molecule has 0 fully saturated rings. The second-order valence-corrected chi connectivity index (χ2v) is 5.58. The molecule has 0 amide bonds. The average Bonchev–Trinajstić information content (AvgIpc) is 2.97. The topological polar surface area (TPSA) is 73.8 Å². The van der Waals surface area contributed by atoms with Crippen LogP contribution < -0.4 is 0 Å². The summed E-state index contributed by atoms with van der Waals surface area (Å²) in [7, 11) is 0. The van der Waals surface area contributed by atoms with Crippen LogP contribution in [0.25, 0.3) is 16.9 Å². The minimum atomic E-state index is -0.423. The summed E-state index contributed by atoms with van der Waals surface area (Å²) < 4.78 is 2.74. The van der Waals surface area contributed by atoms with Crippen molar-refractivity contribution >= 4 is 28.3 Å². The third-order valence-electron chi connectivity index (χ3n) is 2.92. The number of nitro benzene ring substituents is 1. The molecule has 0 aliphatic rings. The van der Waals surface area contributed by atoms with E-state index in [1.165, 1.54) is 12.1 Å². The molecule has 0 N–H and O–H groups in total. The lowest BCUT2D eigenvalue weighted by atomic mass is 10.1. The molecule has 1 aromatic heterocycles. The molecule has 0 unspecified atom stereocenters. The Morgan fingerprint density at radius 2 is 1.95 bits per heavy atom. The molecule has 6 nitrogen and oxygen atoms in total. The van der Waals surface area contributed by atoms with Gasteiger partial charge in [0, 0.05) is 21.3 Å². The summed E-state index contributed by atoms with van der Waals surface area (Å²) in [5.41, 5.74) is 2.20. The fourth-order valence-electron chi connectivity index (χ4n) is 1.92. The van der Waals surface area contributed by atoms with Gasteiger partial charge in [-0.2, -0.15) is 0 Å². The number of rotatable bonds is 3. The fourth-order valence-corrected chi connectivity index (χ4v) is 2.45. The SMILES string of the molecule is O=[N+]([O-])c1cccc(-c2cn(-c3cccc(I)c3)nn2)c1. The first-order valence-corrected chi connectivity index (χ1v) is 7.14. The van der Waals surface area contributed by atoms with Gasteiger partial charge in [-0.05, 0) is 40.8 Å². The van der Waals surface area contributed by atoms with Crippen LogP contribution in [-0.4, -0.2) is 19.9 Å². The number of aromatic nitrogens is 3. The smallest absolute Gasteiger partial charge is 0.258 e. The molecule has 0 atom stereocenters. The number of nitro groups is 1. The maximum atomic E-state index is 10.8. The highest BCUT2D eigenvalue weighted by Crippen LogP contribution is 2.22. The Bertz CT molecular complexity index is 816. The molecule has 3 aromatic rings. The van der Waals surface area contributed by atoms with Crippen molar-refractivity contribution in [2.45, 2.75) is 0 Å². The standard InChI is InChI=1S/C14H9IN4O2/c15-11-4-2-5-12(8-11)18-9-14(16-17-18)10-3-1-6-13(7-10)19(20)21/h1-9H. The molecular formula is C14H9IN4O2. The van der Waals surface area contributed by atoms with E-state index in [1.807, 2.05) is 24.3 Å². The van der Waals surface area contributed by atoms with Gasteiger partial charge < -0.3 is 0 Å². The van der Waals surface area contributed by atoms with E-state index in [0.29, 0.717) is 11.3 Å². The van der Waals surface area contributed by atoms with Gasteiger partial charge in [0.2, 0.25) is 0 Å². The molecule has 21 heavy (non-hydrogen) atoms. The van der Waals surface area contributed by atoms with E-state index < -0.39 is 4.92 Å². The molecule has 3 rings (SSSR count). The van der Waals surface area contributed by atoms with Crippen LogP contribution in [0.4, 0.5) is 5.69 Å². The van der Waals surface area contributed by atoms with Crippen LogP contribution in [0.2, 0.25) is 0 Å². The summed E-state index contributed by atoms with van der Waals surface area (Å²) in [4.78, 5) is 10.4. The van der Waals surface area contributed by atoms with E-state index in [4.69, 9.17) is 0 Å². The zero-order valence-corrected chi connectivity index (χ0v) is 12.8. The summed E-state index contributed by atoms with van der Waals surface area (Å²) in [5.74, 6) is 0. The molecule has 0 saturated carbocycles. The van der Waals surface area contributed by atoms with E-state index in [-0.39, 0.29) is 5.69 Å². The van der Waals surface area contributed by atoms with Gasteiger partial charge in [-0.25, -0.2) is 4.68 Å². The number of benzene rings is 2.